The first-order chi connectivity index (χ1) is 13.3. The molecule has 0 fully saturated rings. The third-order valence-corrected chi connectivity index (χ3v) is 4.88. The highest BCUT2D eigenvalue weighted by atomic mass is 32.2. The third kappa shape index (κ3) is 5.46. The maximum Gasteiger partial charge on any atom is 0.416 e. The SMILES string of the molecule is O=S(c1cc(C(F)(F)F)cc(C(F)(F)F)c1)c1cc(C(F)(F)F)cc(C(F)(F)F)c1. The number of rotatable bonds is 2. The van der Waals surface area contributed by atoms with Crippen LogP contribution >= 0.6 is 0 Å². The van der Waals surface area contributed by atoms with Gasteiger partial charge in [-0.3, -0.25) is 0 Å². The van der Waals surface area contributed by atoms with Crippen molar-refractivity contribution in [2.24, 2.45) is 0 Å². The first-order valence-electron chi connectivity index (χ1n) is 7.31. The van der Waals surface area contributed by atoms with E-state index in [2.05, 4.69) is 0 Å². The van der Waals surface area contributed by atoms with Crippen LogP contribution in [-0.4, -0.2) is 4.21 Å². The van der Waals surface area contributed by atoms with Gasteiger partial charge in [0.15, 0.2) is 0 Å². The highest BCUT2D eigenvalue weighted by Crippen LogP contribution is 2.40. The standard InChI is InChI=1S/C16H6F12OS/c17-13(18,19)7-1-8(14(20,21)22)4-11(3-7)30(29)12-5-9(15(23,24)25)2-10(6-12)16(26,27)28/h1-6H. The van der Waals surface area contributed by atoms with Crippen molar-refractivity contribution >= 4 is 10.8 Å². The molecule has 0 radical (unpaired) electrons. The summed E-state index contributed by atoms with van der Waals surface area (Å²) in [5.41, 5.74) is -7.71. The lowest BCUT2D eigenvalue weighted by atomic mass is 10.1. The molecule has 0 amide bonds. The van der Waals surface area contributed by atoms with Crippen LogP contribution in [0, 0.1) is 0 Å². The molecule has 0 N–H and O–H groups in total. The van der Waals surface area contributed by atoms with Gasteiger partial charge in [-0.2, -0.15) is 52.7 Å². The first kappa shape index (κ1) is 24.0. The lowest BCUT2D eigenvalue weighted by Crippen LogP contribution is -2.14. The van der Waals surface area contributed by atoms with Crippen molar-refractivity contribution in [1.29, 1.82) is 0 Å². The first-order valence-corrected chi connectivity index (χ1v) is 8.46. The monoisotopic (exact) mass is 474 g/mol. The zero-order chi connectivity index (χ0) is 23.3. The van der Waals surface area contributed by atoms with Crippen molar-refractivity contribution in [1.82, 2.24) is 0 Å². The van der Waals surface area contributed by atoms with Crippen LogP contribution in [0.25, 0.3) is 0 Å². The number of hydrogen-bond donors (Lipinski definition) is 0. The fraction of sp³-hybridized carbons (Fsp3) is 0.250. The summed E-state index contributed by atoms with van der Waals surface area (Å²) < 4.78 is 167. The molecule has 2 rings (SSSR count). The molecule has 0 aliphatic rings. The van der Waals surface area contributed by atoms with Gasteiger partial charge in [-0.15, -0.1) is 0 Å². The minimum Gasteiger partial charge on any atom is -0.249 e. The third-order valence-electron chi connectivity index (χ3n) is 3.55. The Bertz CT molecular complexity index is 824. The molecule has 0 aliphatic heterocycles. The molecule has 166 valence electrons. The van der Waals surface area contributed by atoms with Gasteiger partial charge < -0.3 is 0 Å². The fourth-order valence-electron chi connectivity index (χ4n) is 2.20. The number of hydrogen-bond acceptors (Lipinski definition) is 1. The average Bonchev–Trinajstić information content (AvgIpc) is 2.57. The highest BCUT2D eigenvalue weighted by Gasteiger charge is 2.39. The van der Waals surface area contributed by atoms with Gasteiger partial charge >= 0.3 is 24.7 Å². The summed E-state index contributed by atoms with van der Waals surface area (Å²) in [6.45, 7) is 0. The zero-order valence-corrected chi connectivity index (χ0v) is 14.6. The Balaban J connectivity index is 2.73. The van der Waals surface area contributed by atoms with E-state index in [0.29, 0.717) is 0 Å². The molecule has 14 heteroatoms. The second kappa shape index (κ2) is 7.46. The molecule has 0 bridgehead atoms. The van der Waals surface area contributed by atoms with Crippen LogP contribution in [0.4, 0.5) is 52.7 Å². The Hall–Kier alpha value is -2.25. The van der Waals surface area contributed by atoms with E-state index in [1.165, 1.54) is 0 Å². The maximum absolute atomic E-state index is 12.9. The molecule has 0 atom stereocenters. The normalized spacial score (nSPS) is 13.8. The van der Waals surface area contributed by atoms with Crippen LogP contribution in [0.2, 0.25) is 0 Å². The molecular formula is C16H6F12OS. The summed E-state index contributed by atoms with van der Waals surface area (Å²) in [6.07, 6.45) is -21.4. The van der Waals surface area contributed by atoms with Crippen molar-refractivity contribution in [3.8, 4) is 0 Å². The van der Waals surface area contributed by atoms with Crippen LogP contribution in [0.15, 0.2) is 46.2 Å². The van der Waals surface area contributed by atoms with Crippen LogP contribution in [0.1, 0.15) is 22.3 Å². The lowest BCUT2D eigenvalue weighted by Gasteiger charge is -2.16. The smallest absolute Gasteiger partial charge is 0.249 e. The Morgan fingerprint density at radius 3 is 0.800 bits per heavy atom. The lowest BCUT2D eigenvalue weighted by molar-refractivity contribution is -0.144. The summed E-state index contributed by atoms with van der Waals surface area (Å²) >= 11 is 0. The summed E-state index contributed by atoms with van der Waals surface area (Å²) in [5.74, 6) is 0. The van der Waals surface area contributed by atoms with E-state index in [1.54, 1.807) is 0 Å². The Kier molecular flexibility index (Phi) is 5.98. The average molecular weight is 474 g/mol. The van der Waals surface area contributed by atoms with Gasteiger partial charge in [0.1, 0.15) is 0 Å². The van der Waals surface area contributed by atoms with E-state index in [-0.39, 0.29) is 36.4 Å². The summed E-state index contributed by atoms with van der Waals surface area (Å²) in [5, 5.41) is 0. The predicted octanol–water partition coefficient (Wildman–Crippen LogP) is 6.93. The van der Waals surface area contributed by atoms with Gasteiger partial charge in [-0.25, -0.2) is 4.21 Å². The van der Waals surface area contributed by atoms with Gasteiger partial charge in [-0.1, -0.05) is 0 Å². The molecule has 0 spiro atoms. The second-order valence-electron chi connectivity index (χ2n) is 5.75. The van der Waals surface area contributed by atoms with E-state index in [0.717, 1.165) is 0 Å². The van der Waals surface area contributed by atoms with Crippen molar-refractivity contribution < 1.29 is 56.9 Å². The molecule has 0 unspecified atom stereocenters. The van der Waals surface area contributed by atoms with Gasteiger partial charge in [-0.05, 0) is 36.4 Å². The Morgan fingerprint density at radius 2 is 0.633 bits per heavy atom. The van der Waals surface area contributed by atoms with Crippen molar-refractivity contribution in [2.45, 2.75) is 34.5 Å². The van der Waals surface area contributed by atoms with Gasteiger partial charge in [0.2, 0.25) is 0 Å². The summed E-state index contributed by atoms with van der Waals surface area (Å²) in [6, 6.07) is -0.822. The Labute approximate surface area is 161 Å². The number of benzene rings is 2. The van der Waals surface area contributed by atoms with Crippen molar-refractivity contribution in [3.05, 3.63) is 58.7 Å². The van der Waals surface area contributed by atoms with Gasteiger partial charge in [0.05, 0.1) is 33.1 Å². The number of alkyl halides is 12. The molecule has 0 aromatic heterocycles. The van der Waals surface area contributed by atoms with E-state index in [1.807, 2.05) is 0 Å². The largest absolute Gasteiger partial charge is 0.416 e. The quantitative estimate of drug-likeness (QED) is 0.432. The number of halogens is 12. The molecule has 1 nitrogen and oxygen atoms in total. The minimum absolute atomic E-state index is 0.0428. The van der Waals surface area contributed by atoms with E-state index in [4.69, 9.17) is 0 Å². The fourth-order valence-corrected chi connectivity index (χ4v) is 3.41. The van der Waals surface area contributed by atoms with Crippen LogP contribution < -0.4 is 0 Å². The molecule has 2 aromatic rings. The molecule has 30 heavy (non-hydrogen) atoms. The highest BCUT2D eigenvalue weighted by molar-refractivity contribution is 7.85. The Morgan fingerprint density at radius 1 is 0.433 bits per heavy atom. The molecule has 0 saturated carbocycles. The predicted molar refractivity (Wildman–Crippen MR) is 77.6 cm³/mol. The van der Waals surface area contributed by atoms with Crippen LogP contribution in [-0.2, 0) is 35.5 Å². The van der Waals surface area contributed by atoms with Crippen LogP contribution in [0.3, 0.4) is 0 Å². The van der Waals surface area contributed by atoms with Crippen LogP contribution in [0.5, 0.6) is 0 Å². The molecular weight excluding hydrogens is 468 g/mol. The summed E-state index contributed by atoms with van der Waals surface area (Å²) in [7, 11) is -3.23. The zero-order valence-electron chi connectivity index (χ0n) is 13.8. The van der Waals surface area contributed by atoms with Gasteiger partial charge in [0.25, 0.3) is 0 Å². The molecule has 0 saturated heterocycles. The second-order valence-corrected chi connectivity index (χ2v) is 7.23. The minimum atomic E-state index is -5.36. The topological polar surface area (TPSA) is 17.1 Å². The van der Waals surface area contributed by atoms with Crippen molar-refractivity contribution in [3.63, 3.8) is 0 Å². The van der Waals surface area contributed by atoms with Gasteiger partial charge in [0, 0.05) is 9.79 Å². The van der Waals surface area contributed by atoms with E-state index < -0.39 is 67.5 Å². The molecule has 0 aliphatic carbocycles. The van der Waals surface area contributed by atoms with Crippen molar-refractivity contribution in [2.75, 3.05) is 0 Å². The molecule has 2 aromatic carbocycles. The summed E-state index contributed by atoms with van der Waals surface area (Å²) in [4.78, 5) is -2.55. The van der Waals surface area contributed by atoms with E-state index >= 15 is 0 Å². The van der Waals surface area contributed by atoms with E-state index in [9.17, 15) is 56.9 Å². The molecule has 0 heterocycles. The maximum atomic E-state index is 12.9.